The number of aromatic nitrogens is 2. The number of ether oxygens (including phenoxy) is 1. The molecule has 7 rings (SSSR count). The fraction of sp³-hybridized carbons (Fsp3) is 0.342. The van der Waals surface area contributed by atoms with Gasteiger partial charge in [0.25, 0.3) is 5.91 Å². The number of likely N-dealkylation sites (tertiary alicyclic amines) is 1. The normalized spacial score (nSPS) is 16.9. The Kier molecular flexibility index (Phi) is 10.7. The quantitative estimate of drug-likeness (QED) is 0.131. The Hall–Kier alpha value is -4.71. The van der Waals surface area contributed by atoms with Gasteiger partial charge in [-0.05, 0) is 84.6 Å². The van der Waals surface area contributed by atoms with Crippen LogP contribution in [0.2, 0.25) is 10.0 Å². The van der Waals surface area contributed by atoms with Crippen molar-refractivity contribution in [1.29, 1.82) is 0 Å². The van der Waals surface area contributed by atoms with E-state index in [0.29, 0.717) is 40.5 Å². The molecule has 0 bridgehead atoms. The molecule has 3 aromatic carbocycles. The number of rotatable bonds is 13. The van der Waals surface area contributed by atoms with Crippen molar-refractivity contribution in [2.45, 2.75) is 43.8 Å². The molecule has 1 N–H and O–H groups in total. The topological polar surface area (TPSA) is 113 Å². The number of methoxy groups -OCH3 is 1. The predicted molar refractivity (Wildman–Crippen MR) is 200 cm³/mol. The number of hydrogen-bond donors (Lipinski definition) is 1. The third-order valence-corrected chi connectivity index (χ3v) is 10.5. The number of fused-ring (bicyclic) bond motifs is 1. The number of likely N-dealkylation sites (N-methyl/N-ethyl adjacent to an activating group) is 1. The van der Waals surface area contributed by atoms with E-state index in [1.807, 2.05) is 55.6 Å². The molecule has 11 nitrogen and oxygen atoms in total. The number of benzene rings is 3. The summed E-state index contributed by atoms with van der Waals surface area (Å²) in [6.07, 6.45) is 7.96. The number of carbonyl (C=O) groups excluding carboxylic acids is 1. The summed E-state index contributed by atoms with van der Waals surface area (Å²) in [5, 5.41) is 16.5. The summed E-state index contributed by atoms with van der Waals surface area (Å²) in [6.45, 7) is 3.95. The predicted octanol–water partition coefficient (Wildman–Crippen LogP) is 8.31. The van der Waals surface area contributed by atoms with E-state index in [1.165, 1.54) is 0 Å². The molecule has 1 saturated heterocycles. The second-order valence-electron chi connectivity index (χ2n) is 13.1. The largest absolute Gasteiger partial charge is 0.496 e. The molecule has 51 heavy (non-hydrogen) atoms. The molecule has 5 aromatic rings. The third kappa shape index (κ3) is 7.96. The smallest absolute Gasteiger partial charge is 0.257 e. The first-order valence-electron chi connectivity index (χ1n) is 17.1. The molecule has 2 atom stereocenters. The molecule has 0 spiro atoms. The number of hydrogen-bond acceptors (Lipinski definition) is 9. The van der Waals surface area contributed by atoms with Gasteiger partial charge >= 0.3 is 0 Å². The Bertz CT molecular complexity index is 2030. The van der Waals surface area contributed by atoms with Crippen LogP contribution >= 0.6 is 23.2 Å². The van der Waals surface area contributed by atoms with Gasteiger partial charge in [-0.3, -0.25) is 4.79 Å². The van der Waals surface area contributed by atoms with Crippen molar-refractivity contribution in [3.63, 3.8) is 0 Å². The van der Waals surface area contributed by atoms with Gasteiger partial charge in [0.2, 0.25) is 5.95 Å². The van der Waals surface area contributed by atoms with Gasteiger partial charge in [-0.25, -0.2) is 4.98 Å². The maximum atomic E-state index is 13.9. The summed E-state index contributed by atoms with van der Waals surface area (Å²) in [5.41, 5.74) is 5.50. The number of anilines is 1. The molecule has 2 aliphatic rings. The lowest BCUT2D eigenvalue weighted by Gasteiger charge is -2.34. The fourth-order valence-electron chi connectivity index (χ4n) is 6.92. The molecule has 0 saturated carbocycles. The third-order valence-electron chi connectivity index (χ3n) is 9.78. The molecular weight excluding hydrogens is 687 g/mol. The van der Waals surface area contributed by atoms with Crippen LogP contribution in [0.25, 0.3) is 11.0 Å². The Morgan fingerprint density at radius 3 is 2.67 bits per heavy atom. The van der Waals surface area contributed by atoms with Gasteiger partial charge in [-0.1, -0.05) is 47.5 Å². The summed E-state index contributed by atoms with van der Waals surface area (Å²) in [4.78, 5) is 23.1. The van der Waals surface area contributed by atoms with Gasteiger partial charge in [0.1, 0.15) is 11.8 Å². The lowest BCUT2D eigenvalue weighted by Crippen LogP contribution is -2.40. The maximum Gasteiger partial charge on any atom is 0.257 e. The zero-order valence-corrected chi connectivity index (χ0v) is 30.1. The molecule has 1 fully saturated rings. The van der Waals surface area contributed by atoms with Crippen LogP contribution in [0.3, 0.4) is 0 Å². The summed E-state index contributed by atoms with van der Waals surface area (Å²) in [6, 6.07) is 21.5. The van der Waals surface area contributed by atoms with Gasteiger partial charge in [0.15, 0.2) is 0 Å². The van der Waals surface area contributed by atoms with Gasteiger partial charge in [0.05, 0.1) is 59.0 Å². The number of para-hydroxylation sites is 2. The minimum atomic E-state index is -0.320. The number of furan rings is 1. The molecule has 0 radical (unpaired) electrons. The van der Waals surface area contributed by atoms with E-state index in [0.717, 1.165) is 72.6 Å². The number of halogens is 2. The number of carbonyl (C=O) groups is 1. The summed E-state index contributed by atoms with van der Waals surface area (Å²) < 4.78 is 13.1. The molecule has 1 amide bonds. The van der Waals surface area contributed by atoms with E-state index >= 15 is 0 Å². The molecule has 0 aliphatic carbocycles. The minimum absolute atomic E-state index is 0.0253. The van der Waals surface area contributed by atoms with Crippen molar-refractivity contribution < 1.29 is 13.9 Å². The van der Waals surface area contributed by atoms with Crippen LogP contribution in [-0.4, -0.2) is 77.9 Å². The molecular formula is C38H40Cl2N8O3. The molecule has 2 unspecified atom stereocenters. The van der Waals surface area contributed by atoms with Crippen molar-refractivity contribution >= 4 is 52.3 Å². The van der Waals surface area contributed by atoms with E-state index < -0.39 is 0 Å². The highest BCUT2D eigenvalue weighted by Gasteiger charge is 2.26. The van der Waals surface area contributed by atoms with E-state index in [-0.39, 0.29) is 17.9 Å². The number of amides is 1. The van der Waals surface area contributed by atoms with Gasteiger partial charge in [-0.2, -0.15) is 5.11 Å². The van der Waals surface area contributed by atoms with Crippen molar-refractivity contribution in [1.82, 2.24) is 19.4 Å². The first-order chi connectivity index (χ1) is 24.9. The highest BCUT2D eigenvalue weighted by molar-refractivity contribution is 6.42. The second-order valence-corrected chi connectivity index (χ2v) is 13.9. The van der Waals surface area contributed by atoms with Crippen LogP contribution < -0.4 is 10.1 Å². The van der Waals surface area contributed by atoms with Gasteiger partial charge in [-0.15, -0.1) is 5.10 Å². The number of piperidine rings is 1. The van der Waals surface area contributed by atoms with Crippen molar-refractivity contribution in [2.75, 3.05) is 45.7 Å². The van der Waals surface area contributed by atoms with Gasteiger partial charge < -0.3 is 28.8 Å². The summed E-state index contributed by atoms with van der Waals surface area (Å²) >= 11 is 12.8. The first kappa shape index (κ1) is 34.7. The van der Waals surface area contributed by atoms with E-state index in [2.05, 4.69) is 42.4 Å². The van der Waals surface area contributed by atoms with Crippen LogP contribution in [0, 0.1) is 0 Å². The van der Waals surface area contributed by atoms with Gasteiger partial charge in [0, 0.05) is 44.2 Å². The van der Waals surface area contributed by atoms with Crippen molar-refractivity contribution in [2.24, 2.45) is 15.4 Å². The lowest BCUT2D eigenvalue weighted by atomic mass is 9.93. The highest BCUT2D eigenvalue weighted by atomic mass is 35.5. The molecule has 13 heteroatoms. The Morgan fingerprint density at radius 2 is 1.92 bits per heavy atom. The van der Waals surface area contributed by atoms with Crippen LogP contribution in [0.4, 0.5) is 5.95 Å². The average molecular weight is 728 g/mol. The maximum absolute atomic E-state index is 13.9. The Morgan fingerprint density at radius 1 is 1.08 bits per heavy atom. The van der Waals surface area contributed by atoms with Crippen LogP contribution in [0.15, 0.2) is 99.1 Å². The number of imidazole rings is 1. The van der Waals surface area contributed by atoms with E-state index in [1.54, 1.807) is 36.8 Å². The molecule has 264 valence electrons. The number of nitrogens with one attached hydrogen (secondary N) is 1. The van der Waals surface area contributed by atoms with Crippen molar-refractivity contribution in [3.05, 3.63) is 112 Å². The standard InChI is InChI=1S/C38H40Cl2N8O3/c1-46(37(49)30-19-27(8-10-36(30)50-2)34-21-41-45-44-34)23-28(26-7-9-31(39)32(40)20-26)11-15-47-16-12-29(13-17-47)42-38-43-33-5-3-4-6-35(33)48(38)22-25-14-18-51-24-25/h3-10,14,18-21,24,28-29,34H,11-13,15-17,22-23H2,1-2H3,(H,42,43). The zero-order valence-electron chi connectivity index (χ0n) is 28.6. The van der Waals surface area contributed by atoms with Crippen LogP contribution in [-0.2, 0) is 6.54 Å². The Balaban J connectivity index is 1.01. The molecule has 2 aromatic heterocycles. The fourth-order valence-corrected chi connectivity index (χ4v) is 7.23. The van der Waals surface area contributed by atoms with E-state index in [4.69, 9.17) is 37.3 Å². The summed E-state index contributed by atoms with van der Waals surface area (Å²) in [7, 11) is 3.39. The van der Waals surface area contributed by atoms with Crippen molar-refractivity contribution in [3.8, 4) is 5.75 Å². The Labute approximate surface area is 306 Å². The van der Waals surface area contributed by atoms with Crippen LogP contribution in [0.1, 0.15) is 58.3 Å². The molecule has 2 aliphatic heterocycles. The lowest BCUT2D eigenvalue weighted by molar-refractivity contribution is 0.0778. The second kappa shape index (κ2) is 15.7. The van der Waals surface area contributed by atoms with Crippen LogP contribution in [0.5, 0.6) is 5.75 Å². The first-order valence-corrected chi connectivity index (χ1v) is 17.9. The SMILES string of the molecule is COc1ccc(C2C=NN=N2)cc1C(=O)N(C)CC(CCN1CCC(Nc2nc3ccccc3n2Cc2ccoc2)CC1)c1ccc(Cl)c(Cl)c1. The average Bonchev–Trinajstić information content (AvgIpc) is 3.95. The zero-order chi connectivity index (χ0) is 35.3. The summed E-state index contributed by atoms with van der Waals surface area (Å²) in [5.74, 6) is 1.27. The minimum Gasteiger partial charge on any atom is -0.496 e. The monoisotopic (exact) mass is 726 g/mol. The number of nitrogens with zero attached hydrogens (tertiary/aromatic N) is 7. The highest BCUT2D eigenvalue weighted by Crippen LogP contribution is 2.32. The van der Waals surface area contributed by atoms with E-state index in [9.17, 15) is 4.79 Å². The molecule has 4 heterocycles.